The van der Waals surface area contributed by atoms with Gasteiger partial charge in [-0.1, -0.05) is 72.8 Å². The van der Waals surface area contributed by atoms with Crippen LogP contribution in [0.15, 0.2) is 103 Å². The number of ketones is 2. The van der Waals surface area contributed by atoms with E-state index in [1.54, 1.807) is 42.5 Å². The van der Waals surface area contributed by atoms with Crippen LogP contribution < -0.4 is 5.73 Å². The number of rotatable bonds is 5. The summed E-state index contributed by atoms with van der Waals surface area (Å²) in [5.74, 6) is -2.80. The average Bonchev–Trinajstić information content (AvgIpc) is 2.84. The van der Waals surface area contributed by atoms with E-state index < -0.39 is 17.5 Å². The fourth-order valence-electron chi connectivity index (χ4n) is 3.16. The van der Waals surface area contributed by atoms with Crippen molar-refractivity contribution in [3.05, 3.63) is 131 Å². The molecule has 0 aromatic heterocycles. The summed E-state index contributed by atoms with van der Waals surface area (Å²) >= 11 is 0. The number of hydrogen-bond donors (Lipinski definition) is 3. The molecule has 0 aliphatic rings. The molecule has 0 heterocycles. The number of carboxylic acid groups (broad SMARTS) is 1. The summed E-state index contributed by atoms with van der Waals surface area (Å²) in [4.78, 5) is 37.5. The van der Waals surface area contributed by atoms with Gasteiger partial charge in [0, 0.05) is 22.4 Å². The summed E-state index contributed by atoms with van der Waals surface area (Å²) in [5.41, 5.74) is 5.89. The Kier molecular flexibility index (Phi) is 7.34. The Morgan fingerprint density at radius 3 is 1.64 bits per heavy atom. The van der Waals surface area contributed by atoms with Crippen LogP contribution in [0.5, 0.6) is 5.75 Å². The molecule has 6 nitrogen and oxygen atoms in total. The van der Waals surface area contributed by atoms with Crippen molar-refractivity contribution in [3.8, 4) is 5.75 Å². The molecule has 0 saturated heterocycles. The molecule has 0 amide bonds. The zero-order valence-corrected chi connectivity index (χ0v) is 17.5. The minimum Gasteiger partial charge on any atom is -0.507 e. The van der Waals surface area contributed by atoms with Crippen LogP contribution in [0, 0.1) is 0 Å². The minimum absolute atomic E-state index is 0.0237. The van der Waals surface area contributed by atoms with Crippen molar-refractivity contribution in [2.75, 3.05) is 5.73 Å². The molecule has 0 atom stereocenters. The molecule has 4 N–H and O–H groups in total. The third-order valence-corrected chi connectivity index (χ3v) is 4.75. The predicted molar refractivity (Wildman–Crippen MR) is 126 cm³/mol. The fourth-order valence-corrected chi connectivity index (χ4v) is 3.16. The molecule has 0 aliphatic carbocycles. The molecule has 4 aromatic rings. The quantitative estimate of drug-likeness (QED) is 0.303. The maximum absolute atomic E-state index is 13.0. The summed E-state index contributed by atoms with van der Waals surface area (Å²) in [6.07, 6.45) is 0. The standard InChI is InChI=1S/C21H14O5.C6H7N/c22-17-12-5-4-9-14(17)20(24)18-15(10-6-11-16(18)21(25)26)19(23)13-7-2-1-3-8-13;7-6-4-2-1-3-5-6/h1-12,22H,(H,25,26);1-5H,7H2. The Morgan fingerprint density at radius 1 is 0.576 bits per heavy atom. The second kappa shape index (κ2) is 10.5. The van der Waals surface area contributed by atoms with Crippen LogP contribution in [0.25, 0.3) is 0 Å². The number of benzene rings is 4. The average molecular weight is 439 g/mol. The summed E-state index contributed by atoms with van der Waals surface area (Å²) in [6.45, 7) is 0. The zero-order valence-electron chi connectivity index (χ0n) is 17.5. The molecular formula is C27H21NO5. The molecule has 0 unspecified atom stereocenters. The van der Waals surface area contributed by atoms with Crippen LogP contribution in [0.1, 0.15) is 42.2 Å². The van der Waals surface area contributed by atoms with Crippen LogP contribution in [0.4, 0.5) is 5.69 Å². The Balaban J connectivity index is 0.000000374. The van der Waals surface area contributed by atoms with Gasteiger partial charge in [-0.3, -0.25) is 9.59 Å². The van der Waals surface area contributed by atoms with E-state index >= 15 is 0 Å². The van der Waals surface area contributed by atoms with Gasteiger partial charge in [-0.15, -0.1) is 0 Å². The van der Waals surface area contributed by atoms with Gasteiger partial charge in [0.25, 0.3) is 0 Å². The molecule has 0 saturated carbocycles. The summed E-state index contributed by atoms with van der Waals surface area (Å²) in [6, 6.07) is 27.7. The van der Waals surface area contributed by atoms with Gasteiger partial charge < -0.3 is 15.9 Å². The Labute approximate surface area is 190 Å². The maximum Gasteiger partial charge on any atom is 0.336 e. The third-order valence-electron chi connectivity index (χ3n) is 4.75. The molecular weight excluding hydrogens is 418 g/mol. The number of aromatic hydroxyl groups is 1. The van der Waals surface area contributed by atoms with Gasteiger partial charge in [-0.25, -0.2) is 4.79 Å². The van der Waals surface area contributed by atoms with Crippen molar-refractivity contribution < 1.29 is 24.6 Å². The lowest BCUT2D eigenvalue weighted by molar-refractivity contribution is 0.0692. The van der Waals surface area contributed by atoms with Gasteiger partial charge in [0.2, 0.25) is 0 Å². The summed E-state index contributed by atoms with van der Waals surface area (Å²) in [7, 11) is 0. The number of nitrogens with two attached hydrogens (primary N) is 1. The van der Waals surface area contributed by atoms with E-state index in [-0.39, 0.29) is 28.0 Å². The van der Waals surface area contributed by atoms with Gasteiger partial charge in [-0.2, -0.15) is 0 Å². The molecule has 33 heavy (non-hydrogen) atoms. The number of phenols is 1. The molecule has 4 rings (SSSR count). The number of nitrogen functional groups attached to an aromatic ring is 1. The second-order valence-corrected chi connectivity index (χ2v) is 6.99. The van der Waals surface area contributed by atoms with Crippen LogP contribution >= 0.6 is 0 Å². The highest BCUT2D eigenvalue weighted by atomic mass is 16.4. The first-order chi connectivity index (χ1) is 15.9. The fraction of sp³-hybridized carbons (Fsp3) is 0. The summed E-state index contributed by atoms with van der Waals surface area (Å²) in [5, 5.41) is 19.4. The van der Waals surface area contributed by atoms with E-state index in [2.05, 4.69) is 0 Å². The van der Waals surface area contributed by atoms with E-state index in [0.29, 0.717) is 5.56 Å². The first-order valence-electron chi connectivity index (χ1n) is 9.99. The number of carbonyl (C=O) groups excluding carboxylic acids is 2. The predicted octanol–water partition coefficient (Wildman–Crippen LogP) is 4.82. The second-order valence-electron chi connectivity index (χ2n) is 6.99. The molecule has 164 valence electrons. The minimum atomic E-state index is -1.33. The van der Waals surface area contributed by atoms with Crippen LogP contribution in [0.3, 0.4) is 0 Å². The lowest BCUT2D eigenvalue weighted by atomic mass is 9.89. The Morgan fingerprint density at radius 2 is 1.09 bits per heavy atom. The number of anilines is 1. The van der Waals surface area contributed by atoms with Crippen molar-refractivity contribution >= 4 is 23.2 Å². The highest BCUT2D eigenvalue weighted by molar-refractivity contribution is 6.23. The molecule has 0 spiro atoms. The number of phenolic OH excluding ortho intramolecular Hbond substituents is 1. The van der Waals surface area contributed by atoms with Crippen LogP contribution in [0.2, 0.25) is 0 Å². The highest BCUT2D eigenvalue weighted by Crippen LogP contribution is 2.26. The third kappa shape index (κ3) is 5.51. The molecule has 0 bridgehead atoms. The van der Waals surface area contributed by atoms with E-state index in [9.17, 15) is 24.6 Å². The SMILES string of the molecule is Nc1ccccc1.O=C(O)c1cccc(C(=O)c2ccccc2)c1C(=O)c1ccccc1O. The first kappa shape index (κ1) is 23.0. The number of carboxylic acids is 1. The monoisotopic (exact) mass is 439 g/mol. The highest BCUT2D eigenvalue weighted by Gasteiger charge is 2.26. The van der Waals surface area contributed by atoms with Gasteiger partial charge in [0.1, 0.15) is 5.75 Å². The molecule has 6 heteroatoms. The molecule has 4 aromatic carbocycles. The van der Waals surface area contributed by atoms with E-state index in [0.717, 1.165) is 5.69 Å². The number of aromatic carboxylic acids is 1. The van der Waals surface area contributed by atoms with E-state index in [1.807, 2.05) is 30.3 Å². The van der Waals surface area contributed by atoms with Crippen molar-refractivity contribution in [2.45, 2.75) is 0 Å². The van der Waals surface area contributed by atoms with Crippen molar-refractivity contribution in [3.63, 3.8) is 0 Å². The molecule has 0 fully saturated rings. The van der Waals surface area contributed by atoms with Crippen LogP contribution in [-0.2, 0) is 0 Å². The number of para-hydroxylation sites is 2. The summed E-state index contributed by atoms with van der Waals surface area (Å²) < 4.78 is 0. The largest absolute Gasteiger partial charge is 0.507 e. The number of carbonyl (C=O) groups is 3. The van der Waals surface area contributed by atoms with Gasteiger partial charge in [0.05, 0.1) is 11.1 Å². The van der Waals surface area contributed by atoms with E-state index in [1.165, 1.54) is 30.3 Å². The smallest absolute Gasteiger partial charge is 0.336 e. The number of hydrogen-bond acceptors (Lipinski definition) is 5. The van der Waals surface area contributed by atoms with E-state index in [4.69, 9.17) is 5.73 Å². The first-order valence-corrected chi connectivity index (χ1v) is 9.99. The van der Waals surface area contributed by atoms with Crippen molar-refractivity contribution in [1.29, 1.82) is 0 Å². The topological polar surface area (TPSA) is 118 Å². The lowest BCUT2D eigenvalue weighted by Gasteiger charge is -2.12. The Hall–Kier alpha value is -4.71. The van der Waals surface area contributed by atoms with Crippen molar-refractivity contribution in [2.24, 2.45) is 0 Å². The lowest BCUT2D eigenvalue weighted by Crippen LogP contribution is -2.16. The van der Waals surface area contributed by atoms with Gasteiger partial charge in [-0.05, 0) is 30.3 Å². The Bertz CT molecular complexity index is 1280. The van der Waals surface area contributed by atoms with Gasteiger partial charge >= 0.3 is 5.97 Å². The normalized spacial score (nSPS) is 9.94. The van der Waals surface area contributed by atoms with Crippen molar-refractivity contribution in [1.82, 2.24) is 0 Å². The molecule has 0 aliphatic heterocycles. The molecule has 0 radical (unpaired) electrons. The zero-order chi connectivity index (χ0) is 23.8. The van der Waals surface area contributed by atoms with Gasteiger partial charge in [0.15, 0.2) is 11.6 Å². The van der Waals surface area contributed by atoms with Crippen LogP contribution in [-0.4, -0.2) is 27.7 Å². The maximum atomic E-state index is 13.0.